The second-order valence-corrected chi connectivity index (χ2v) is 5.11. The highest BCUT2D eigenvalue weighted by molar-refractivity contribution is 5.14. The summed E-state index contributed by atoms with van der Waals surface area (Å²) < 4.78 is 2.13. The van der Waals surface area contributed by atoms with Crippen LogP contribution < -0.4 is 0 Å². The Hall–Kier alpha value is -0.860. The minimum Gasteiger partial charge on any atom is -0.249 e. The number of hydrogen-bond donors (Lipinski definition) is 0. The van der Waals surface area contributed by atoms with E-state index in [0.717, 1.165) is 19.4 Å². The highest BCUT2D eigenvalue weighted by Crippen LogP contribution is 2.19. The van der Waals surface area contributed by atoms with Crippen molar-refractivity contribution in [1.29, 1.82) is 0 Å². The third-order valence-corrected chi connectivity index (χ3v) is 3.10. The maximum atomic E-state index is 4.34. The van der Waals surface area contributed by atoms with Gasteiger partial charge in [0.25, 0.3) is 0 Å². The van der Waals surface area contributed by atoms with E-state index in [4.69, 9.17) is 0 Å². The van der Waals surface area contributed by atoms with Crippen LogP contribution in [0.25, 0.3) is 0 Å². The molecule has 0 aliphatic rings. The fourth-order valence-electron chi connectivity index (χ4n) is 2.26. The van der Waals surface area contributed by atoms with E-state index in [2.05, 4.69) is 42.7 Å². The molecule has 0 aliphatic carbocycles. The Balaban J connectivity index is 2.64. The molecule has 1 aromatic heterocycles. The van der Waals surface area contributed by atoms with Gasteiger partial charge in [-0.1, -0.05) is 58.6 Å². The van der Waals surface area contributed by atoms with Gasteiger partial charge in [-0.25, -0.2) is 4.68 Å². The van der Waals surface area contributed by atoms with Crippen molar-refractivity contribution < 1.29 is 0 Å². The van der Waals surface area contributed by atoms with Gasteiger partial charge in [-0.05, 0) is 18.8 Å². The largest absolute Gasteiger partial charge is 0.249 e. The summed E-state index contributed by atoms with van der Waals surface area (Å²) >= 11 is 0. The van der Waals surface area contributed by atoms with E-state index in [1.807, 2.05) is 0 Å². The van der Waals surface area contributed by atoms with E-state index in [1.165, 1.54) is 37.1 Å². The predicted octanol–water partition coefficient (Wildman–Crippen LogP) is 3.93. The van der Waals surface area contributed by atoms with Crippen LogP contribution in [0.1, 0.15) is 77.1 Å². The number of rotatable bonds is 8. The van der Waals surface area contributed by atoms with Crippen LogP contribution in [0, 0.1) is 0 Å². The van der Waals surface area contributed by atoms with E-state index < -0.39 is 0 Å². The van der Waals surface area contributed by atoms with Gasteiger partial charge in [0.05, 0.1) is 11.4 Å². The van der Waals surface area contributed by atoms with E-state index in [1.54, 1.807) is 0 Å². The van der Waals surface area contributed by atoms with Crippen molar-refractivity contribution >= 4 is 0 Å². The second-order valence-electron chi connectivity index (χ2n) is 5.11. The van der Waals surface area contributed by atoms with Crippen LogP contribution in [0.3, 0.4) is 0 Å². The lowest BCUT2D eigenvalue weighted by Crippen LogP contribution is -2.08. The molecule has 0 spiro atoms. The van der Waals surface area contributed by atoms with E-state index in [0.29, 0.717) is 5.92 Å². The van der Waals surface area contributed by atoms with Crippen molar-refractivity contribution in [2.24, 2.45) is 0 Å². The summed E-state index contributed by atoms with van der Waals surface area (Å²) in [6.07, 6.45) is 7.35. The van der Waals surface area contributed by atoms with Crippen molar-refractivity contribution in [3.8, 4) is 0 Å². The Morgan fingerprint density at radius 3 is 2.41 bits per heavy atom. The Morgan fingerprint density at radius 2 is 1.82 bits per heavy atom. The zero-order chi connectivity index (χ0) is 12.7. The van der Waals surface area contributed by atoms with Crippen LogP contribution in [-0.4, -0.2) is 15.0 Å². The van der Waals surface area contributed by atoms with E-state index in [9.17, 15) is 0 Å². The standard InChI is InChI=1S/C14H27N3/c1-5-7-8-9-11-17-14(12(3)4)13(10-6-2)15-16-17/h12H,5-11H2,1-4H3. The van der Waals surface area contributed by atoms with Crippen LogP contribution in [0.4, 0.5) is 0 Å². The van der Waals surface area contributed by atoms with Gasteiger partial charge < -0.3 is 0 Å². The SMILES string of the molecule is CCCCCCn1nnc(CCC)c1C(C)C. The molecule has 17 heavy (non-hydrogen) atoms. The number of unbranched alkanes of at least 4 members (excludes halogenated alkanes) is 3. The fourth-order valence-corrected chi connectivity index (χ4v) is 2.26. The first-order chi connectivity index (χ1) is 8.20. The lowest BCUT2D eigenvalue weighted by atomic mass is 10.1. The number of hydrogen-bond acceptors (Lipinski definition) is 2. The molecule has 0 fully saturated rings. The molecule has 1 aromatic rings. The molecule has 0 amide bonds. The molecule has 3 heteroatoms. The Morgan fingerprint density at radius 1 is 1.06 bits per heavy atom. The fraction of sp³-hybridized carbons (Fsp3) is 0.857. The highest BCUT2D eigenvalue weighted by atomic mass is 15.4. The average molecular weight is 237 g/mol. The van der Waals surface area contributed by atoms with Crippen molar-refractivity contribution in [2.45, 2.75) is 78.7 Å². The molecule has 1 heterocycles. The van der Waals surface area contributed by atoms with Crippen LogP contribution >= 0.6 is 0 Å². The summed E-state index contributed by atoms with van der Waals surface area (Å²) in [5.41, 5.74) is 2.56. The van der Waals surface area contributed by atoms with Crippen LogP contribution in [0.2, 0.25) is 0 Å². The summed E-state index contributed by atoms with van der Waals surface area (Å²) in [5.74, 6) is 0.526. The minimum absolute atomic E-state index is 0.526. The normalized spacial score (nSPS) is 11.4. The quantitative estimate of drug-likeness (QED) is 0.641. The zero-order valence-electron chi connectivity index (χ0n) is 11.9. The smallest absolute Gasteiger partial charge is 0.0861 e. The topological polar surface area (TPSA) is 30.7 Å². The molecule has 0 radical (unpaired) electrons. The molecule has 0 N–H and O–H groups in total. The molecule has 3 nitrogen and oxygen atoms in total. The lowest BCUT2D eigenvalue weighted by molar-refractivity contribution is 0.503. The third-order valence-electron chi connectivity index (χ3n) is 3.10. The molecule has 0 saturated carbocycles. The first-order valence-corrected chi connectivity index (χ1v) is 7.12. The van der Waals surface area contributed by atoms with Gasteiger partial charge in [0.2, 0.25) is 0 Å². The molecular weight excluding hydrogens is 210 g/mol. The second kappa shape index (κ2) is 7.46. The summed E-state index contributed by atoms with van der Waals surface area (Å²) in [7, 11) is 0. The van der Waals surface area contributed by atoms with Crippen molar-refractivity contribution in [3.05, 3.63) is 11.4 Å². The van der Waals surface area contributed by atoms with Gasteiger partial charge in [0.1, 0.15) is 0 Å². The monoisotopic (exact) mass is 237 g/mol. The summed E-state index contributed by atoms with van der Waals surface area (Å²) in [6.45, 7) is 9.95. The third kappa shape index (κ3) is 4.14. The number of aryl methyl sites for hydroxylation is 2. The van der Waals surface area contributed by atoms with Gasteiger partial charge in [-0.15, -0.1) is 5.10 Å². The van der Waals surface area contributed by atoms with E-state index in [-0.39, 0.29) is 0 Å². The van der Waals surface area contributed by atoms with Crippen LogP contribution in [-0.2, 0) is 13.0 Å². The Kier molecular flexibility index (Phi) is 6.23. The first-order valence-electron chi connectivity index (χ1n) is 7.12. The van der Waals surface area contributed by atoms with Gasteiger partial charge in [-0.3, -0.25) is 0 Å². The molecule has 1 rings (SSSR count). The highest BCUT2D eigenvalue weighted by Gasteiger charge is 2.14. The molecule has 98 valence electrons. The van der Waals surface area contributed by atoms with Crippen molar-refractivity contribution in [3.63, 3.8) is 0 Å². The van der Waals surface area contributed by atoms with Crippen LogP contribution in [0.15, 0.2) is 0 Å². The summed E-state index contributed by atoms with van der Waals surface area (Å²) in [5, 5.41) is 8.66. The van der Waals surface area contributed by atoms with Crippen molar-refractivity contribution in [1.82, 2.24) is 15.0 Å². The minimum atomic E-state index is 0.526. The molecule has 0 aliphatic heterocycles. The summed E-state index contributed by atoms with van der Waals surface area (Å²) in [4.78, 5) is 0. The molecule has 0 bridgehead atoms. The Labute approximate surface area is 106 Å². The molecule has 0 aromatic carbocycles. The van der Waals surface area contributed by atoms with Crippen molar-refractivity contribution in [2.75, 3.05) is 0 Å². The summed E-state index contributed by atoms with van der Waals surface area (Å²) in [6, 6.07) is 0. The Bertz CT molecular complexity index is 315. The molecule has 0 atom stereocenters. The number of aromatic nitrogens is 3. The molecular formula is C14H27N3. The predicted molar refractivity (Wildman–Crippen MR) is 72.2 cm³/mol. The molecule has 0 saturated heterocycles. The van der Waals surface area contributed by atoms with Gasteiger partial charge in [-0.2, -0.15) is 0 Å². The average Bonchev–Trinajstić information content (AvgIpc) is 2.68. The van der Waals surface area contributed by atoms with Gasteiger partial charge in [0, 0.05) is 6.54 Å². The molecule has 0 unspecified atom stereocenters. The van der Waals surface area contributed by atoms with Crippen LogP contribution in [0.5, 0.6) is 0 Å². The van der Waals surface area contributed by atoms with E-state index >= 15 is 0 Å². The zero-order valence-corrected chi connectivity index (χ0v) is 11.9. The number of nitrogens with zero attached hydrogens (tertiary/aromatic N) is 3. The maximum Gasteiger partial charge on any atom is 0.0861 e. The maximum absolute atomic E-state index is 4.34. The lowest BCUT2D eigenvalue weighted by Gasteiger charge is -2.10. The van der Waals surface area contributed by atoms with Gasteiger partial charge in [0.15, 0.2) is 0 Å². The first kappa shape index (κ1) is 14.2. The van der Waals surface area contributed by atoms with Gasteiger partial charge >= 0.3 is 0 Å².